The Morgan fingerprint density at radius 2 is 1.64 bits per heavy atom. The number of phenols is 3. The number of rotatable bonds is 6. The molecule has 3 aromatic rings. The number of esters is 1. The molecule has 3 aromatic carbocycles. The molecule has 0 spiro atoms. The topological polar surface area (TPSA) is 220 Å². The van der Waals surface area contributed by atoms with Crippen LogP contribution in [0, 0.1) is 30.6 Å². The number of nitrogens with one attached hydrogen (secondary N) is 1. The van der Waals surface area contributed by atoms with Crippen LogP contribution in [0.2, 0.25) is 0 Å². The van der Waals surface area contributed by atoms with Crippen molar-refractivity contribution >= 4 is 40.3 Å². The number of anilines is 1. The number of carbonyl (C=O) groups excluding carboxylic acids is 3. The number of benzene rings is 3. The van der Waals surface area contributed by atoms with E-state index in [-0.39, 0.29) is 44.5 Å². The molecule has 0 unspecified atom stereocenters. The molecule has 0 radical (unpaired) electrons. The van der Waals surface area contributed by atoms with Gasteiger partial charge < -0.3 is 49.8 Å². The Kier molecular flexibility index (Phi) is 15.5. The Labute approximate surface area is 385 Å². The van der Waals surface area contributed by atoms with Gasteiger partial charge >= 0.3 is 11.8 Å². The number of amides is 1. The Bertz CT molecular complexity index is 2420. The molecule has 0 aromatic heterocycles. The van der Waals surface area contributed by atoms with Gasteiger partial charge in [0, 0.05) is 93.9 Å². The van der Waals surface area contributed by atoms with Crippen LogP contribution in [0.1, 0.15) is 81.9 Å². The van der Waals surface area contributed by atoms with Crippen molar-refractivity contribution < 1.29 is 58.9 Å². The molecule has 356 valence electrons. The van der Waals surface area contributed by atoms with E-state index in [4.69, 9.17) is 24.0 Å². The SMILES string of the molecule is CO[C@H]1/C=C/O[C@@]2(C)Oc3c(C)c(O)c4c(O)c(c(/C=N/N5CCCN(Cc6ccccc6)CC5)c(O)c4c3C2=O)NC(=O)/C(C)=C\C=C\[C@H](C)[C@H](O)[C@@H](C)[C@@H](O)[C@@H](C)[C@H](OC(C)=O)[C@@H]1C. The normalized spacial score (nSPS) is 30.0. The van der Waals surface area contributed by atoms with Crippen LogP contribution in [0.4, 0.5) is 5.69 Å². The lowest BCUT2D eigenvalue weighted by atomic mass is 9.78. The number of hydrogen-bond donors (Lipinski definition) is 6. The molecule has 16 heteroatoms. The van der Waals surface area contributed by atoms with E-state index >= 15 is 0 Å². The highest BCUT2D eigenvalue weighted by Gasteiger charge is 2.50. The number of methoxy groups -OCH3 is 1. The summed E-state index contributed by atoms with van der Waals surface area (Å²) in [5.74, 6) is -8.41. The predicted octanol–water partition coefficient (Wildman–Crippen LogP) is 6.30. The molecule has 6 N–H and O–H groups in total. The molecule has 0 aliphatic carbocycles. The molecule has 7 rings (SSSR count). The quantitative estimate of drug-likeness (QED) is 0.0693. The highest BCUT2D eigenvalue weighted by atomic mass is 16.7. The van der Waals surface area contributed by atoms with Gasteiger partial charge in [-0.1, -0.05) is 76.3 Å². The largest absolute Gasteiger partial charge is 0.507 e. The Balaban J connectivity index is 1.47. The molecule has 66 heavy (non-hydrogen) atoms. The number of hydrazone groups is 1. The first-order chi connectivity index (χ1) is 31.3. The van der Waals surface area contributed by atoms with Gasteiger partial charge in [0.25, 0.3) is 11.7 Å². The number of aliphatic hydroxyl groups is 2. The van der Waals surface area contributed by atoms with Crippen molar-refractivity contribution in [3.8, 4) is 23.0 Å². The summed E-state index contributed by atoms with van der Waals surface area (Å²) in [7, 11) is 1.44. The van der Waals surface area contributed by atoms with Gasteiger partial charge in [0.1, 0.15) is 23.4 Å². The molecule has 5 bridgehead atoms. The van der Waals surface area contributed by atoms with Gasteiger partial charge in [-0.3, -0.25) is 24.3 Å². The Morgan fingerprint density at radius 3 is 2.32 bits per heavy atom. The maximum atomic E-state index is 14.6. The van der Waals surface area contributed by atoms with Crippen molar-refractivity contribution in [2.45, 2.75) is 98.6 Å². The van der Waals surface area contributed by atoms with Crippen LogP contribution in [-0.2, 0) is 30.3 Å². The van der Waals surface area contributed by atoms with Gasteiger partial charge in [-0.25, -0.2) is 0 Å². The van der Waals surface area contributed by atoms with Crippen molar-refractivity contribution in [3.05, 3.63) is 88.7 Å². The minimum atomic E-state index is -2.06. The highest BCUT2D eigenvalue weighted by Crippen LogP contribution is 2.55. The Morgan fingerprint density at radius 1 is 0.924 bits per heavy atom. The third kappa shape index (κ3) is 10.2. The van der Waals surface area contributed by atoms with Crippen LogP contribution in [-0.4, -0.2) is 123 Å². The molecule has 4 aliphatic rings. The second kappa shape index (κ2) is 20.7. The average molecular weight is 913 g/mol. The van der Waals surface area contributed by atoms with E-state index in [1.54, 1.807) is 39.8 Å². The van der Waals surface area contributed by atoms with Crippen LogP contribution >= 0.6 is 0 Å². The van der Waals surface area contributed by atoms with Crippen LogP contribution in [0.15, 0.2) is 71.6 Å². The number of ketones is 1. The van der Waals surface area contributed by atoms with Gasteiger partial charge in [0.05, 0.1) is 53.0 Å². The molecule has 1 saturated heterocycles. The number of fused-ring (bicyclic) bond motifs is 14. The van der Waals surface area contributed by atoms with Crippen LogP contribution < -0.4 is 10.1 Å². The molecule has 1 fully saturated rings. The molecule has 16 nitrogen and oxygen atoms in total. The van der Waals surface area contributed by atoms with Crippen molar-refractivity contribution in [1.29, 1.82) is 0 Å². The first-order valence-corrected chi connectivity index (χ1v) is 22.4. The number of Topliss-reactive ketones (excluding diaryl/α,β-unsaturated/α-hetero) is 1. The molecular weight excluding hydrogens is 849 g/mol. The number of aromatic hydroxyl groups is 3. The number of carbonyl (C=O) groups is 3. The molecule has 1 amide bonds. The average Bonchev–Trinajstić information content (AvgIpc) is 3.39. The number of allylic oxidation sites excluding steroid dienone is 2. The summed E-state index contributed by atoms with van der Waals surface area (Å²) in [4.78, 5) is 43.2. The summed E-state index contributed by atoms with van der Waals surface area (Å²) in [6, 6.07) is 10.1. The zero-order chi connectivity index (χ0) is 48.2. The van der Waals surface area contributed by atoms with Crippen molar-refractivity contribution in [1.82, 2.24) is 9.91 Å². The summed E-state index contributed by atoms with van der Waals surface area (Å²) < 4.78 is 23.8. The molecule has 0 saturated carbocycles. The number of phenolic OH excluding ortho intramolecular Hbond substituents is 3. The van der Waals surface area contributed by atoms with E-state index in [2.05, 4.69) is 22.3 Å². The second-order valence-corrected chi connectivity index (χ2v) is 17.9. The van der Waals surface area contributed by atoms with Crippen LogP contribution in [0.3, 0.4) is 0 Å². The summed E-state index contributed by atoms with van der Waals surface area (Å²) in [5, 5.41) is 67.8. The molecule has 4 aliphatic heterocycles. The molecule has 4 heterocycles. The standard InChI is InChI=1S/C50H64N4O12/c1-27-15-13-16-28(2)49(62)52-40-35(25-51-54-21-14-20-53(22-23-54)26-34-17-11-10-12-18-34)44(59)37-38(45(40)60)43(58)32(6)47-39(37)48(61)50(8,66-47)64-24-19-36(63-9)29(3)46(65-33(7)55)31(5)42(57)30(4)41(27)56/h10-13,15-19,24-25,27,29-31,36,41-42,46,56-60H,14,20-23,26H2,1-9H3,(H,52,62)/b15-13+,24-19+,28-16-,51-25+/t27-,29+,30+,31+,36-,41-,42+,46+,50-/m0/s1. The van der Waals surface area contributed by atoms with E-state index in [1.165, 1.54) is 65.0 Å². The van der Waals surface area contributed by atoms with Gasteiger partial charge in [-0.2, -0.15) is 5.10 Å². The number of ether oxygens (including phenoxy) is 4. The van der Waals surface area contributed by atoms with Crippen molar-refractivity contribution in [3.63, 3.8) is 0 Å². The number of nitrogens with zero attached hydrogens (tertiary/aromatic N) is 3. The molecule has 9 atom stereocenters. The van der Waals surface area contributed by atoms with E-state index in [0.717, 1.165) is 19.5 Å². The summed E-state index contributed by atoms with van der Waals surface area (Å²) in [6.45, 7) is 15.9. The van der Waals surface area contributed by atoms with Gasteiger partial charge in [-0.05, 0) is 31.9 Å². The van der Waals surface area contributed by atoms with E-state index in [0.29, 0.717) is 19.6 Å². The summed E-state index contributed by atoms with van der Waals surface area (Å²) in [5.41, 5.74) is 0.823. The maximum absolute atomic E-state index is 14.6. The lowest BCUT2D eigenvalue weighted by Gasteiger charge is -2.38. The molecular formula is C50H64N4O12. The maximum Gasteiger partial charge on any atom is 0.312 e. The predicted molar refractivity (Wildman–Crippen MR) is 249 cm³/mol. The fourth-order valence-electron chi connectivity index (χ4n) is 9.08. The zero-order valence-corrected chi connectivity index (χ0v) is 39.1. The van der Waals surface area contributed by atoms with E-state index in [9.17, 15) is 39.9 Å². The van der Waals surface area contributed by atoms with Crippen LogP contribution in [0.5, 0.6) is 23.0 Å². The van der Waals surface area contributed by atoms with Gasteiger partial charge in [0.15, 0.2) is 5.75 Å². The monoisotopic (exact) mass is 912 g/mol. The van der Waals surface area contributed by atoms with Crippen molar-refractivity contribution in [2.75, 3.05) is 38.6 Å². The van der Waals surface area contributed by atoms with E-state index < -0.39 is 88.8 Å². The fourth-order valence-corrected chi connectivity index (χ4v) is 9.08. The minimum absolute atomic E-state index is 0.0533. The van der Waals surface area contributed by atoms with Crippen molar-refractivity contribution in [2.24, 2.45) is 28.8 Å². The van der Waals surface area contributed by atoms with Gasteiger partial charge in [-0.15, -0.1) is 0 Å². The third-order valence-corrected chi connectivity index (χ3v) is 13.2. The zero-order valence-electron chi connectivity index (χ0n) is 39.1. The lowest BCUT2D eigenvalue weighted by molar-refractivity contribution is -0.160. The van der Waals surface area contributed by atoms with Crippen LogP contribution in [0.25, 0.3) is 10.8 Å². The number of aliphatic hydroxyl groups excluding tert-OH is 2. The lowest BCUT2D eigenvalue weighted by Crippen LogP contribution is -2.46. The summed E-state index contributed by atoms with van der Waals surface area (Å²) in [6.07, 6.45) is 5.67. The highest BCUT2D eigenvalue weighted by molar-refractivity contribution is 6.23. The van der Waals surface area contributed by atoms with Gasteiger partial charge in [0.2, 0.25) is 0 Å². The third-order valence-electron chi connectivity index (χ3n) is 13.2. The summed E-state index contributed by atoms with van der Waals surface area (Å²) >= 11 is 0. The smallest absolute Gasteiger partial charge is 0.312 e. The van der Waals surface area contributed by atoms with E-state index in [1.807, 2.05) is 23.2 Å². The number of hydrogen-bond acceptors (Lipinski definition) is 15. The fraction of sp³-hybridized carbons (Fsp3) is 0.480. The minimum Gasteiger partial charge on any atom is -0.507 e. The Hall–Kier alpha value is -5.94. The second-order valence-electron chi connectivity index (χ2n) is 17.9. The first kappa shape index (κ1) is 49.5. The first-order valence-electron chi connectivity index (χ1n) is 22.4.